The van der Waals surface area contributed by atoms with E-state index in [9.17, 15) is 13.2 Å². The molecule has 9 heteroatoms. The zero-order chi connectivity index (χ0) is 14.8. The molecule has 0 aliphatic carbocycles. The van der Waals surface area contributed by atoms with Crippen molar-refractivity contribution in [2.45, 2.75) is 18.4 Å². The maximum Gasteiger partial charge on any atom is 0.345 e. The molecular weight excluding hydrogens is 302 g/mol. The van der Waals surface area contributed by atoms with Gasteiger partial charge in [0.15, 0.2) is 0 Å². The molecule has 106 valence electrons. The van der Waals surface area contributed by atoms with E-state index in [0.717, 1.165) is 17.4 Å². The SMILES string of the molecule is Cc1sc(C(=O)O)cc1S(=O)(=O)NCc1ccncn1. The van der Waals surface area contributed by atoms with Gasteiger partial charge in [-0.25, -0.2) is 27.9 Å². The third kappa shape index (κ3) is 3.18. The first-order valence-electron chi connectivity index (χ1n) is 5.48. The van der Waals surface area contributed by atoms with Crippen LogP contribution in [0.25, 0.3) is 0 Å². The number of aromatic nitrogens is 2. The summed E-state index contributed by atoms with van der Waals surface area (Å²) in [6, 6.07) is 2.75. The molecule has 0 aliphatic heterocycles. The number of hydrogen-bond acceptors (Lipinski definition) is 6. The topological polar surface area (TPSA) is 109 Å². The van der Waals surface area contributed by atoms with E-state index in [2.05, 4.69) is 14.7 Å². The molecule has 20 heavy (non-hydrogen) atoms. The van der Waals surface area contributed by atoms with Gasteiger partial charge in [-0.15, -0.1) is 11.3 Å². The van der Waals surface area contributed by atoms with Crippen molar-refractivity contribution in [1.82, 2.24) is 14.7 Å². The molecule has 2 N–H and O–H groups in total. The summed E-state index contributed by atoms with van der Waals surface area (Å²) < 4.78 is 26.6. The Bertz CT molecular complexity index is 725. The zero-order valence-corrected chi connectivity index (χ0v) is 12.0. The van der Waals surface area contributed by atoms with Crippen LogP contribution in [-0.2, 0) is 16.6 Å². The Balaban J connectivity index is 2.20. The van der Waals surface area contributed by atoms with Gasteiger partial charge in [-0.1, -0.05) is 0 Å². The minimum atomic E-state index is -3.77. The highest BCUT2D eigenvalue weighted by Gasteiger charge is 2.21. The fourth-order valence-corrected chi connectivity index (χ4v) is 3.93. The Morgan fingerprint density at radius 3 is 2.80 bits per heavy atom. The number of thiophene rings is 1. The van der Waals surface area contributed by atoms with Crippen molar-refractivity contribution in [3.63, 3.8) is 0 Å². The number of nitrogens with zero attached hydrogens (tertiary/aromatic N) is 2. The van der Waals surface area contributed by atoms with Gasteiger partial charge in [-0.2, -0.15) is 0 Å². The van der Waals surface area contributed by atoms with E-state index in [1.807, 2.05) is 0 Å². The monoisotopic (exact) mass is 313 g/mol. The summed E-state index contributed by atoms with van der Waals surface area (Å²) in [5, 5.41) is 8.87. The third-order valence-electron chi connectivity index (χ3n) is 2.46. The van der Waals surface area contributed by atoms with Crippen LogP contribution in [0.15, 0.2) is 29.6 Å². The lowest BCUT2D eigenvalue weighted by Gasteiger charge is -2.05. The molecule has 7 nitrogen and oxygen atoms in total. The van der Waals surface area contributed by atoms with Crippen molar-refractivity contribution in [2.75, 3.05) is 0 Å². The summed E-state index contributed by atoms with van der Waals surface area (Å²) in [7, 11) is -3.77. The van der Waals surface area contributed by atoms with Crippen LogP contribution in [0.2, 0.25) is 0 Å². The molecule has 0 aromatic carbocycles. The fraction of sp³-hybridized carbons (Fsp3) is 0.182. The minimum absolute atomic E-state index is 0.00934. The van der Waals surface area contributed by atoms with Crippen molar-refractivity contribution in [1.29, 1.82) is 0 Å². The van der Waals surface area contributed by atoms with Crippen LogP contribution in [0.1, 0.15) is 20.2 Å². The Morgan fingerprint density at radius 2 is 2.25 bits per heavy atom. The minimum Gasteiger partial charge on any atom is -0.477 e. The average molecular weight is 313 g/mol. The van der Waals surface area contributed by atoms with Gasteiger partial charge >= 0.3 is 5.97 Å². The molecule has 2 aromatic heterocycles. The van der Waals surface area contributed by atoms with E-state index in [1.165, 1.54) is 12.5 Å². The molecule has 2 heterocycles. The lowest BCUT2D eigenvalue weighted by Crippen LogP contribution is -2.23. The average Bonchev–Trinajstić information content (AvgIpc) is 2.81. The maximum atomic E-state index is 12.1. The van der Waals surface area contributed by atoms with Crippen LogP contribution in [0.4, 0.5) is 0 Å². The highest BCUT2D eigenvalue weighted by atomic mass is 32.2. The van der Waals surface area contributed by atoms with Gasteiger partial charge in [-0.3, -0.25) is 0 Å². The summed E-state index contributed by atoms with van der Waals surface area (Å²) in [6.07, 6.45) is 2.83. The van der Waals surface area contributed by atoms with Gasteiger partial charge in [0.1, 0.15) is 11.2 Å². The third-order valence-corrected chi connectivity index (χ3v) is 5.15. The van der Waals surface area contributed by atoms with E-state index in [1.54, 1.807) is 13.0 Å². The van der Waals surface area contributed by atoms with Crippen LogP contribution in [0, 0.1) is 6.92 Å². The second-order valence-electron chi connectivity index (χ2n) is 3.86. The number of nitrogens with one attached hydrogen (secondary N) is 1. The molecule has 0 radical (unpaired) electrons. The van der Waals surface area contributed by atoms with Crippen molar-refractivity contribution in [2.24, 2.45) is 0 Å². The Kier molecular flexibility index (Phi) is 4.12. The van der Waals surface area contributed by atoms with E-state index < -0.39 is 16.0 Å². The molecular formula is C11H11N3O4S2. The van der Waals surface area contributed by atoms with Gasteiger partial charge in [0.2, 0.25) is 10.0 Å². The van der Waals surface area contributed by atoms with Crippen molar-refractivity contribution >= 4 is 27.3 Å². The number of carbonyl (C=O) groups is 1. The molecule has 0 atom stereocenters. The molecule has 2 rings (SSSR count). The van der Waals surface area contributed by atoms with Crippen molar-refractivity contribution < 1.29 is 18.3 Å². The van der Waals surface area contributed by atoms with Crippen LogP contribution < -0.4 is 4.72 Å². The number of rotatable bonds is 5. The predicted molar refractivity (Wildman–Crippen MR) is 72.1 cm³/mol. The number of sulfonamides is 1. The number of aryl methyl sites for hydroxylation is 1. The number of carboxylic acid groups (broad SMARTS) is 1. The Morgan fingerprint density at radius 1 is 1.50 bits per heavy atom. The quantitative estimate of drug-likeness (QED) is 0.853. The molecule has 2 aromatic rings. The summed E-state index contributed by atoms with van der Waals surface area (Å²) in [5.41, 5.74) is 0.523. The summed E-state index contributed by atoms with van der Waals surface area (Å²) in [5.74, 6) is -1.14. The summed E-state index contributed by atoms with van der Waals surface area (Å²) in [4.78, 5) is 18.9. The molecule has 0 unspecified atom stereocenters. The highest BCUT2D eigenvalue weighted by molar-refractivity contribution is 7.89. The van der Waals surface area contributed by atoms with Crippen LogP contribution in [0.3, 0.4) is 0 Å². The van der Waals surface area contributed by atoms with Gasteiger partial charge in [-0.05, 0) is 19.1 Å². The number of aromatic carboxylic acids is 1. The Hall–Kier alpha value is -1.84. The second-order valence-corrected chi connectivity index (χ2v) is 6.85. The van der Waals surface area contributed by atoms with Gasteiger partial charge in [0, 0.05) is 11.1 Å². The van der Waals surface area contributed by atoms with Gasteiger partial charge in [0.25, 0.3) is 0 Å². The first-order chi connectivity index (χ1) is 9.40. The highest BCUT2D eigenvalue weighted by Crippen LogP contribution is 2.25. The van der Waals surface area contributed by atoms with Crippen LogP contribution in [0.5, 0.6) is 0 Å². The lowest BCUT2D eigenvalue weighted by molar-refractivity contribution is 0.0702. The van der Waals surface area contributed by atoms with Crippen molar-refractivity contribution in [3.8, 4) is 0 Å². The van der Waals surface area contributed by atoms with Gasteiger partial charge in [0.05, 0.1) is 17.1 Å². The largest absolute Gasteiger partial charge is 0.477 e. The summed E-state index contributed by atoms with van der Waals surface area (Å²) in [6.45, 7) is 1.58. The first kappa shape index (κ1) is 14.6. The second kappa shape index (κ2) is 5.65. The van der Waals surface area contributed by atoms with Crippen LogP contribution in [-0.4, -0.2) is 29.5 Å². The maximum absolute atomic E-state index is 12.1. The van der Waals surface area contributed by atoms with E-state index in [0.29, 0.717) is 10.6 Å². The number of hydrogen-bond donors (Lipinski definition) is 2. The van der Waals surface area contributed by atoms with E-state index >= 15 is 0 Å². The van der Waals surface area contributed by atoms with Crippen molar-refractivity contribution in [3.05, 3.63) is 40.1 Å². The van der Waals surface area contributed by atoms with Gasteiger partial charge < -0.3 is 5.11 Å². The van der Waals surface area contributed by atoms with E-state index in [-0.39, 0.29) is 16.3 Å². The van der Waals surface area contributed by atoms with Crippen LogP contribution >= 0.6 is 11.3 Å². The fourth-order valence-electron chi connectivity index (χ4n) is 1.51. The molecule has 0 bridgehead atoms. The zero-order valence-electron chi connectivity index (χ0n) is 10.4. The lowest BCUT2D eigenvalue weighted by atomic mass is 10.4. The number of carboxylic acids is 1. The normalized spacial score (nSPS) is 11.4. The molecule has 0 amide bonds. The molecule has 0 saturated carbocycles. The first-order valence-corrected chi connectivity index (χ1v) is 7.78. The Labute approximate surface area is 119 Å². The predicted octanol–water partition coefficient (Wildman–Crippen LogP) is 1.02. The molecule has 0 aliphatic rings. The standard InChI is InChI=1S/C11H11N3O4S2/c1-7-10(4-9(19-7)11(15)16)20(17,18)14-5-8-2-3-12-6-13-8/h2-4,6,14H,5H2,1H3,(H,15,16). The molecule has 0 fully saturated rings. The smallest absolute Gasteiger partial charge is 0.345 e. The summed E-state index contributed by atoms with van der Waals surface area (Å²) >= 11 is 0.927. The molecule has 0 spiro atoms. The van der Waals surface area contributed by atoms with E-state index in [4.69, 9.17) is 5.11 Å². The molecule has 0 saturated heterocycles.